The molecule has 1 unspecified atom stereocenters. The lowest BCUT2D eigenvalue weighted by Crippen LogP contribution is -2.29. The van der Waals surface area contributed by atoms with E-state index >= 15 is 0 Å². The van der Waals surface area contributed by atoms with Gasteiger partial charge in [0.1, 0.15) is 5.15 Å². The fourth-order valence-electron chi connectivity index (χ4n) is 2.93. The topological polar surface area (TPSA) is 53.4 Å². The van der Waals surface area contributed by atoms with E-state index in [4.69, 9.17) is 16.7 Å². The Hall–Kier alpha value is -1.65. The van der Waals surface area contributed by atoms with E-state index in [1.807, 2.05) is 29.2 Å². The molecule has 1 N–H and O–H groups in total. The van der Waals surface area contributed by atoms with Crippen LogP contribution in [0.25, 0.3) is 10.9 Å². The Labute approximate surface area is 128 Å². The molecule has 5 heteroatoms. The van der Waals surface area contributed by atoms with E-state index in [-0.39, 0.29) is 12.5 Å². The van der Waals surface area contributed by atoms with Crippen molar-refractivity contribution in [3.63, 3.8) is 0 Å². The number of halogens is 1. The molecule has 1 saturated heterocycles. The molecule has 1 aromatic heterocycles. The third-order valence-corrected chi connectivity index (χ3v) is 4.22. The quantitative estimate of drug-likeness (QED) is 0.887. The Kier molecular flexibility index (Phi) is 4.08. The molecule has 1 amide bonds. The number of aromatic nitrogens is 1. The molecule has 1 fully saturated rings. The summed E-state index contributed by atoms with van der Waals surface area (Å²) in [4.78, 5) is 18.8. The first-order chi connectivity index (χ1) is 10.2. The van der Waals surface area contributed by atoms with Crippen molar-refractivity contribution in [2.24, 2.45) is 5.92 Å². The van der Waals surface area contributed by atoms with E-state index in [2.05, 4.69) is 4.98 Å². The Balaban J connectivity index is 1.92. The summed E-state index contributed by atoms with van der Waals surface area (Å²) in [5.41, 5.74) is 1.34. The van der Waals surface area contributed by atoms with E-state index in [9.17, 15) is 4.79 Å². The van der Waals surface area contributed by atoms with Crippen LogP contribution in [0.15, 0.2) is 30.3 Å². The van der Waals surface area contributed by atoms with Gasteiger partial charge in [0.2, 0.25) is 0 Å². The third-order valence-electron chi connectivity index (χ3n) is 4.03. The molecule has 1 aliphatic heterocycles. The average molecular weight is 305 g/mol. The first kappa shape index (κ1) is 14.3. The zero-order chi connectivity index (χ0) is 14.8. The van der Waals surface area contributed by atoms with Crippen molar-refractivity contribution in [2.45, 2.75) is 12.8 Å². The van der Waals surface area contributed by atoms with E-state index in [1.165, 1.54) is 0 Å². The zero-order valence-electron chi connectivity index (χ0n) is 11.6. The van der Waals surface area contributed by atoms with Gasteiger partial charge < -0.3 is 10.0 Å². The summed E-state index contributed by atoms with van der Waals surface area (Å²) in [6, 6.07) is 9.18. The minimum Gasteiger partial charge on any atom is -0.396 e. The molecule has 2 aromatic rings. The molecule has 2 heterocycles. The van der Waals surface area contributed by atoms with Crippen molar-refractivity contribution in [3.05, 3.63) is 41.0 Å². The number of benzene rings is 1. The van der Waals surface area contributed by atoms with Crippen LogP contribution in [0.4, 0.5) is 0 Å². The minimum absolute atomic E-state index is 0.00376. The van der Waals surface area contributed by atoms with Crippen LogP contribution in [0, 0.1) is 5.92 Å². The lowest BCUT2D eigenvalue weighted by atomic mass is 10.1. The molecular formula is C16H17ClN2O2. The summed E-state index contributed by atoms with van der Waals surface area (Å²) in [5.74, 6) is 0.387. The van der Waals surface area contributed by atoms with Gasteiger partial charge in [-0.1, -0.05) is 29.8 Å². The Morgan fingerprint density at radius 2 is 2.24 bits per heavy atom. The molecule has 4 nitrogen and oxygen atoms in total. The van der Waals surface area contributed by atoms with E-state index < -0.39 is 0 Å². The molecule has 1 atom stereocenters. The van der Waals surface area contributed by atoms with Crippen LogP contribution in [0.1, 0.15) is 23.2 Å². The third kappa shape index (κ3) is 2.87. The average Bonchev–Trinajstić information content (AvgIpc) is 2.94. The van der Waals surface area contributed by atoms with Crippen LogP contribution in [0.2, 0.25) is 5.15 Å². The van der Waals surface area contributed by atoms with Gasteiger partial charge in [-0.05, 0) is 30.9 Å². The van der Waals surface area contributed by atoms with E-state index in [1.54, 1.807) is 6.07 Å². The van der Waals surface area contributed by atoms with Crippen LogP contribution in [0.5, 0.6) is 0 Å². The van der Waals surface area contributed by atoms with Crippen LogP contribution in [0.3, 0.4) is 0 Å². The van der Waals surface area contributed by atoms with Crippen molar-refractivity contribution in [1.82, 2.24) is 9.88 Å². The smallest absolute Gasteiger partial charge is 0.254 e. The van der Waals surface area contributed by atoms with Crippen LogP contribution in [-0.4, -0.2) is 40.6 Å². The van der Waals surface area contributed by atoms with E-state index in [0.29, 0.717) is 23.2 Å². The number of rotatable bonds is 3. The predicted octanol–water partition coefficient (Wildman–Crippen LogP) is 2.73. The van der Waals surface area contributed by atoms with Gasteiger partial charge >= 0.3 is 0 Å². The lowest BCUT2D eigenvalue weighted by molar-refractivity contribution is 0.0786. The standard InChI is InChI=1S/C16H17ClN2O2/c17-15-9-13(12-3-1-2-4-14(12)18-15)16(21)19-7-5-11(10-19)6-8-20/h1-4,9,11,20H,5-8,10H2. The number of aliphatic hydroxyl groups excluding tert-OH is 1. The van der Waals surface area contributed by atoms with Crippen molar-refractivity contribution >= 4 is 28.4 Å². The number of pyridine rings is 1. The normalized spacial score (nSPS) is 18.4. The number of likely N-dealkylation sites (tertiary alicyclic amines) is 1. The van der Waals surface area contributed by atoms with Gasteiger partial charge in [0.25, 0.3) is 5.91 Å². The van der Waals surface area contributed by atoms with Crippen molar-refractivity contribution in [3.8, 4) is 0 Å². The number of aliphatic hydroxyl groups is 1. The molecular weight excluding hydrogens is 288 g/mol. The molecule has 3 rings (SSSR count). The van der Waals surface area contributed by atoms with Gasteiger partial charge in [0, 0.05) is 25.1 Å². The summed E-state index contributed by atoms with van der Waals surface area (Å²) in [7, 11) is 0. The molecule has 1 aliphatic rings. The van der Waals surface area contributed by atoms with Gasteiger partial charge in [-0.15, -0.1) is 0 Å². The summed E-state index contributed by atoms with van der Waals surface area (Å²) in [6.07, 6.45) is 1.70. The highest BCUT2D eigenvalue weighted by molar-refractivity contribution is 6.30. The number of fused-ring (bicyclic) bond motifs is 1. The minimum atomic E-state index is -0.00376. The molecule has 0 bridgehead atoms. The number of hydrogen-bond donors (Lipinski definition) is 1. The Morgan fingerprint density at radius 3 is 3.05 bits per heavy atom. The molecule has 1 aromatic carbocycles. The Morgan fingerprint density at radius 1 is 1.43 bits per heavy atom. The number of amides is 1. The van der Waals surface area contributed by atoms with Crippen LogP contribution < -0.4 is 0 Å². The fraction of sp³-hybridized carbons (Fsp3) is 0.375. The second kappa shape index (κ2) is 6.00. The monoisotopic (exact) mass is 304 g/mol. The zero-order valence-corrected chi connectivity index (χ0v) is 12.4. The molecule has 21 heavy (non-hydrogen) atoms. The highest BCUT2D eigenvalue weighted by atomic mass is 35.5. The Bertz CT molecular complexity index is 674. The highest BCUT2D eigenvalue weighted by Gasteiger charge is 2.27. The summed E-state index contributed by atoms with van der Waals surface area (Å²) in [5, 5.41) is 10.2. The van der Waals surface area contributed by atoms with Crippen LogP contribution in [-0.2, 0) is 0 Å². The second-order valence-corrected chi connectivity index (χ2v) is 5.82. The van der Waals surface area contributed by atoms with Crippen molar-refractivity contribution in [1.29, 1.82) is 0 Å². The number of carbonyl (C=O) groups excluding carboxylic acids is 1. The van der Waals surface area contributed by atoms with E-state index in [0.717, 1.165) is 30.3 Å². The first-order valence-corrected chi connectivity index (χ1v) is 7.52. The summed E-state index contributed by atoms with van der Waals surface area (Å²) < 4.78 is 0. The fourth-order valence-corrected chi connectivity index (χ4v) is 3.13. The SMILES string of the molecule is O=C(c1cc(Cl)nc2ccccc12)N1CCC(CCO)C1. The first-order valence-electron chi connectivity index (χ1n) is 7.14. The molecule has 0 radical (unpaired) electrons. The molecule has 0 spiro atoms. The maximum atomic E-state index is 12.7. The number of hydrogen-bond acceptors (Lipinski definition) is 3. The predicted molar refractivity (Wildman–Crippen MR) is 82.5 cm³/mol. The van der Waals surface area contributed by atoms with Gasteiger partial charge in [-0.2, -0.15) is 0 Å². The molecule has 110 valence electrons. The lowest BCUT2D eigenvalue weighted by Gasteiger charge is -2.17. The molecule has 0 aliphatic carbocycles. The van der Waals surface area contributed by atoms with Crippen molar-refractivity contribution in [2.75, 3.05) is 19.7 Å². The summed E-state index contributed by atoms with van der Waals surface area (Å²) in [6.45, 7) is 1.61. The van der Waals surface area contributed by atoms with Gasteiger partial charge in [0.15, 0.2) is 0 Å². The van der Waals surface area contributed by atoms with Gasteiger partial charge in [-0.25, -0.2) is 4.98 Å². The molecule has 0 saturated carbocycles. The van der Waals surface area contributed by atoms with Crippen molar-refractivity contribution < 1.29 is 9.90 Å². The largest absolute Gasteiger partial charge is 0.396 e. The van der Waals surface area contributed by atoms with Gasteiger partial charge in [0.05, 0.1) is 11.1 Å². The second-order valence-electron chi connectivity index (χ2n) is 5.43. The number of para-hydroxylation sites is 1. The highest BCUT2D eigenvalue weighted by Crippen LogP contribution is 2.26. The van der Waals surface area contributed by atoms with Gasteiger partial charge in [-0.3, -0.25) is 4.79 Å². The van der Waals surface area contributed by atoms with Crippen LogP contribution >= 0.6 is 11.6 Å². The number of nitrogens with zero attached hydrogens (tertiary/aromatic N) is 2. The maximum absolute atomic E-state index is 12.7. The maximum Gasteiger partial charge on any atom is 0.254 e. The number of carbonyl (C=O) groups is 1. The summed E-state index contributed by atoms with van der Waals surface area (Å²) >= 11 is 6.04.